The van der Waals surface area contributed by atoms with E-state index in [0.29, 0.717) is 17.0 Å². The number of thioether (sulfide) groups is 1. The van der Waals surface area contributed by atoms with Gasteiger partial charge in [0, 0.05) is 18.2 Å². The lowest BCUT2D eigenvalue weighted by Crippen LogP contribution is -2.34. The van der Waals surface area contributed by atoms with Crippen molar-refractivity contribution in [2.24, 2.45) is 11.8 Å². The van der Waals surface area contributed by atoms with Gasteiger partial charge in [0.05, 0.1) is 22.6 Å². The zero-order valence-electron chi connectivity index (χ0n) is 15.3. The van der Waals surface area contributed by atoms with Gasteiger partial charge in [-0.25, -0.2) is 4.68 Å². The van der Waals surface area contributed by atoms with Crippen molar-refractivity contribution in [1.29, 1.82) is 0 Å². The van der Waals surface area contributed by atoms with E-state index in [9.17, 15) is 0 Å². The number of halogens is 1. The van der Waals surface area contributed by atoms with Gasteiger partial charge in [-0.2, -0.15) is 16.9 Å². The van der Waals surface area contributed by atoms with Gasteiger partial charge in [0.15, 0.2) is 5.15 Å². The van der Waals surface area contributed by atoms with Gasteiger partial charge < -0.3 is 4.90 Å². The highest BCUT2D eigenvalue weighted by Crippen LogP contribution is 2.28. The molecule has 0 radical (unpaired) electrons. The summed E-state index contributed by atoms with van der Waals surface area (Å²) in [5, 5.41) is 4.99. The minimum Gasteiger partial charge on any atom is -0.332 e. The van der Waals surface area contributed by atoms with Crippen LogP contribution < -0.4 is 4.90 Å². The fraction of sp³-hybridized carbons (Fsp3) is 0.474. The second kappa shape index (κ2) is 9.60. The first kappa shape index (κ1) is 20.3. The van der Waals surface area contributed by atoms with E-state index in [-0.39, 0.29) is 0 Å². The molecule has 0 amide bonds. The van der Waals surface area contributed by atoms with Gasteiger partial charge in [0.25, 0.3) is 0 Å². The van der Waals surface area contributed by atoms with E-state index in [1.807, 2.05) is 10.9 Å². The van der Waals surface area contributed by atoms with Crippen LogP contribution in [0.5, 0.6) is 0 Å². The summed E-state index contributed by atoms with van der Waals surface area (Å²) in [6.45, 7) is 7.23. The highest BCUT2D eigenvalue weighted by atomic mass is 35.5. The van der Waals surface area contributed by atoms with Gasteiger partial charge in [-0.3, -0.25) is 0 Å². The van der Waals surface area contributed by atoms with Crippen molar-refractivity contribution in [3.63, 3.8) is 0 Å². The molecule has 2 rings (SSSR count). The van der Waals surface area contributed by atoms with Crippen molar-refractivity contribution in [1.82, 2.24) is 9.78 Å². The normalized spacial score (nSPS) is 18.4. The average Bonchev–Trinajstić information content (AvgIpc) is 2.93. The van der Waals surface area contributed by atoms with E-state index in [1.165, 1.54) is 0 Å². The predicted molar refractivity (Wildman–Crippen MR) is 117 cm³/mol. The minimum absolute atomic E-state index is 0.314. The lowest BCUT2D eigenvalue weighted by atomic mass is 10.1. The molecule has 25 heavy (non-hydrogen) atoms. The van der Waals surface area contributed by atoms with Crippen LogP contribution >= 0.6 is 35.6 Å². The Morgan fingerprint density at radius 1 is 1.56 bits per heavy atom. The summed E-state index contributed by atoms with van der Waals surface area (Å²) >= 11 is 14.0. The number of hydrogen-bond donors (Lipinski definition) is 0. The van der Waals surface area contributed by atoms with Gasteiger partial charge >= 0.3 is 0 Å². The molecule has 2 unspecified atom stereocenters. The van der Waals surface area contributed by atoms with Crippen molar-refractivity contribution < 1.29 is 0 Å². The van der Waals surface area contributed by atoms with E-state index in [4.69, 9.17) is 23.8 Å². The molecule has 1 aromatic rings. The SMILES string of the molecule is CCN(C(=S)C(C)CSC)c1cn(C2=CC=CC(C)CC=C2)nc1Cl. The van der Waals surface area contributed by atoms with E-state index < -0.39 is 0 Å². The second-order valence-corrected chi connectivity index (χ2v) is 7.97. The zero-order chi connectivity index (χ0) is 18.4. The smallest absolute Gasteiger partial charge is 0.175 e. The summed E-state index contributed by atoms with van der Waals surface area (Å²) in [5.41, 5.74) is 1.87. The van der Waals surface area contributed by atoms with Gasteiger partial charge in [-0.05, 0) is 37.7 Å². The van der Waals surface area contributed by atoms with Crippen molar-refractivity contribution >= 4 is 52.0 Å². The Kier molecular flexibility index (Phi) is 7.79. The molecule has 0 aromatic carbocycles. The maximum Gasteiger partial charge on any atom is 0.175 e. The third-order valence-corrected chi connectivity index (χ3v) is 5.86. The Hall–Kier alpha value is -1.04. The number of thiocarbonyl (C=S) groups is 1. The highest BCUT2D eigenvalue weighted by molar-refractivity contribution is 7.98. The van der Waals surface area contributed by atoms with E-state index in [1.54, 1.807) is 11.8 Å². The molecule has 1 aliphatic rings. The molecule has 0 bridgehead atoms. The molecule has 1 heterocycles. The molecule has 136 valence electrons. The molecule has 0 saturated heterocycles. The van der Waals surface area contributed by atoms with E-state index in [0.717, 1.165) is 35.1 Å². The molecular weight excluding hydrogens is 370 g/mol. The summed E-state index contributed by atoms with van der Waals surface area (Å²) in [7, 11) is 0. The minimum atomic E-state index is 0.314. The summed E-state index contributed by atoms with van der Waals surface area (Å²) in [6.07, 6.45) is 15.7. The lowest BCUT2D eigenvalue weighted by molar-refractivity contribution is 0.742. The molecule has 0 saturated carbocycles. The van der Waals surface area contributed by atoms with Crippen molar-refractivity contribution in [2.45, 2.75) is 27.2 Å². The Morgan fingerprint density at radius 2 is 2.32 bits per heavy atom. The molecule has 0 fully saturated rings. The van der Waals surface area contributed by atoms with Gasteiger partial charge in [0.2, 0.25) is 0 Å². The first-order chi connectivity index (χ1) is 12.0. The van der Waals surface area contributed by atoms with Gasteiger partial charge in [-0.1, -0.05) is 55.9 Å². The summed E-state index contributed by atoms with van der Waals surface area (Å²) in [6, 6.07) is 0. The maximum atomic E-state index is 6.45. The standard InChI is InChI=1S/C19H26ClN3S2/c1-5-22(19(24)15(3)13-25-4)17-12-23(21-18(17)20)16-10-6-8-14(2)9-7-11-16/h6-8,10-12,14-15H,5,9,13H2,1-4H3. The highest BCUT2D eigenvalue weighted by Gasteiger charge is 2.21. The van der Waals surface area contributed by atoms with Crippen molar-refractivity contribution in [3.05, 3.63) is 41.7 Å². The number of nitrogens with zero attached hydrogens (tertiary/aromatic N) is 3. The Morgan fingerprint density at radius 3 is 3.00 bits per heavy atom. The van der Waals surface area contributed by atoms with Gasteiger partial charge in [0.1, 0.15) is 0 Å². The molecule has 1 aromatic heterocycles. The molecular formula is C19H26ClN3S2. The Labute approximate surface area is 165 Å². The van der Waals surface area contributed by atoms with Crippen molar-refractivity contribution in [3.8, 4) is 0 Å². The predicted octanol–water partition coefficient (Wildman–Crippen LogP) is 5.68. The number of hydrogen-bond acceptors (Lipinski definition) is 3. The number of allylic oxidation sites excluding steroid dienone is 6. The third kappa shape index (κ3) is 5.22. The summed E-state index contributed by atoms with van der Waals surface area (Å²) < 4.78 is 1.83. The van der Waals surface area contributed by atoms with Crippen LogP contribution in [-0.4, -0.2) is 33.3 Å². The number of anilines is 1. The van der Waals surface area contributed by atoms with Crippen LogP contribution in [0, 0.1) is 11.8 Å². The molecule has 0 aliphatic heterocycles. The monoisotopic (exact) mass is 395 g/mol. The molecule has 3 nitrogen and oxygen atoms in total. The molecule has 0 spiro atoms. The lowest BCUT2D eigenvalue weighted by Gasteiger charge is -2.26. The van der Waals surface area contributed by atoms with Crippen LogP contribution in [0.4, 0.5) is 5.69 Å². The maximum absolute atomic E-state index is 6.45. The van der Waals surface area contributed by atoms with Crippen molar-refractivity contribution in [2.75, 3.05) is 23.5 Å². The largest absolute Gasteiger partial charge is 0.332 e. The summed E-state index contributed by atoms with van der Waals surface area (Å²) in [5.74, 6) is 1.86. The van der Waals surface area contributed by atoms with Crippen LogP contribution in [0.3, 0.4) is 0 Å². The van der Waals surface area contributed by atoms with Crippen LogP contribution in [0.2, 0.25) is 5.15 Å². The molecule has 1 aliphatic carbocycles. The number of rotatable bonds is 6. The van der Waals surface area contributed by atoms with E-state index >= 15 is 0 Å². The number of aromatic nitrogens is 2. The van der Waals surface area contributed by atoms with Crippen LogP contribution in [0.1, 0.15) is 27.2 Å². The first-order valence-electron chi connectivity index (χ1n) is 8.58. The fourth-order valence-corrected chi connectivity index (χ4v) is 4.03. The fourth-order valence-electron chi connectivity index (χ4n) is 2.72. The second-order valence-electron chi connectivity index (χ2n) is 6.28. The van der Waals surface area contributed by atoms with Gasteiger partial charge in [-0.15, -0.1) is 0 Å². The van der Waals surface area contributed by atoms with E-state index in [2.05, 4.69) is 67.4 Å². The Balaban J connectivity index is 2.30. The molecule has 6 heteroatoms. The quantitative estimate of drug-likeness (QED) is 0.577. The average molecular weight is 396 g/mol. The Bertz CT molecular complexity index is 691. The first-order valence-corrected chi connectivity index (χ1v) is 10.8. The zero-order valence-corrected chi connectivity index (χ0v) is 17.7. The van der Waals surface area contributed by atoms with Crippen LogP contribution in [0.25, 0.3) is 5.70 Å². The molecule has 0 N–H and O–H groups in total. The third-order valence-electron chi connectivity index (χ3n) is 4.13. The molecule has 2 atom stereocenters. The topological polar surface area (TPSA) is 21.1 Å². The van der Waals surface area contributed by atoms with Crippen LogP contribution in [0.15, 0.2) is 36.6 Å². The summed E-state index contributed by atoms with van der Waals surface area (Å²) in [4.78, 5) is 3.00. The van der Waals surface area contributed by atoms with Crippen LogP contribution in [-0.2, 0) is 0 Å².